The Morgan fingerprint density at radius 3 is 2.58 bits per heavy atom. The fourth-order valence-electron chi connectivity index (χ4n) is 4.13. The van der Waals surface area contributed by atoms with E-state index in [0.29, 0.717) is 6.04 Å². The van der Waals surface area contributed by atoms with Crippen LogP contribution in [0, 0.1) is 13.8 Å². The van der Waals surface area contributed by atoms with Crippen LogP contribution in [0.2, 0.25) is 0 Å². The van der Waals surface area contributed by atoms with Crippen molar-refractivity contribution in [3.63, 3.8) is 0 Å². The first-order chi connectivity index (χ1) is 11.5. The van der Waals surface area contributed by atoms with Gasteiger partial charge in [-0.3, -0.25) is 9.69 Å². The van der Waals surface area contributed by atoms with Gasteiger partial charge in [-0.25, -0.2) is 4.98 Å². The molecule has 0 bridgehead atoms. The fraction of sp³-hybridized carbons (Fsp3) is 0.765. The molecule has 1 aromatic heterocycles. The van der Waals surface area contributed by atoms with Gasteiger partial charge >= 0.3 is 0 Å². The molecule has 0 radical (unpaired) electrons. The number of carbonyl (C=O) groups is 1. The highest BCUT2D eigenvalue weighted by molar-refractivity contribution is 7.13. The topological polar surface area (TPSA) is 48.9 Å². The van der Waals surface area contributed by atoms with E-state index in [1.807, 2.05) is 18.7 Å². The molecule has 4 heterocycles. The van der Waals surface area contributed by atoms with Gasteiger partial charge in [-0.1, -0.05) is 0 Å². The van der Waals surface area contributed by atoms with E-state index in [2.05, 4.69) is 21.8 Å². The van der Waals surface area contributed by atoms with E-state index in [0.717, 1.165) is 67.9 Å². The molecule has 0 aliphatic carbocycles. The van der Waals surface area contributed by atoms with E-state index in [9.17, 15) is 4.79 Å². The number of hydrogen-bond acceptors (Lipinski definition) is 6. The highest BCUT2D eigenvalue weighted by Crippen LogP contribution is 2.38. The van der Waals surface area contributed by atoms with Gasteiger partial charge in [0.25, 0.3) is 5.91 Å². The van der Waals surface area contributed by atoms with Crippen LogP contribution < -0.4 is 0 Å². The van der Waals surface area contributed by atoms with Crippen molar-refractivity contribution in [1.29, 1.82) is 0 Å². The molecule has 1 atom stereocenters. The number of aryl methyl sites for hydroxylation is 2. The number of amides is 1. The standard InChI is InChI=1S/C17H26N4O2S/c1-12-15(24-13(2)18-12)16(22)21-10-17(11-21)8-14(9-23-17)20-6-4-19(3)5-7-20/h14H,4-11H2,1-3H3/t14-/m0/s1. The van der Waals surface area contributed by atoms with Crippen LogP contribution in [0.4, 0.5) is 0 Å². The summed E-state index contributed by atoms with van der Waals surface area (Å²) in [6.07, 6.45) is 1.06. The Labute approximate surface area is 147 Å². The third-order valence-corrected chi connectivity index (χ3v) is 6.65. The van der Waals surface area contributed by atoms with Gasteiger partial charge in [0.15, 0.2) is 0 Å². The number of likely N-dealkylation sites (N-methyl/N-ethyl adjacent to an activating group) is 1. The molecule has 7 heteroatoms. The molecule has 132 valence electrons. The summed E-state index contributed by atoms with van der Waals surface area (Å²) < 4.78 is 6.16. The molecule has 24 heavy (non-hydrogen) atoms. The summed E-state index contributed by atoms with van der Waals surface area (Å²) in [6.45, 7) is 10.7. The maximum Gasteiger partial charge on any atom is 0.266 e. The molecule has 6 nitrogen and oxygen atoms in total. The van der Waals surface area contributed by atoms with E-state index in [4.69, 9.17) is 4.74 Å². The Kier molecular flexibility index (Phi) is 4.15. The minimum absolute atomic E-state index is 0.0999. The van der Waals surface area contributed by atoms with Gasteiger partial charge in [0.1, 0.15) is 10.5 Å². The molecule has 1 spiro atoms. The van der Waals surface area contributed by atoms with Crippen LogP contribution in [-0.2, 0) is 4.74 Å². The summed E-state index contributed by atoms with van der Waals surface area (Å²) in [7, 11) is 2.18. The molecular formula is C17H26N4O2S. The zero-order chi connectivity index (χ0) is 16.9. The number of hydrogen-bond donors (Lipinski definition) is 0. The van der Waals surface area contributed by atoms with Crippen LogP contribution in [-0.4, -0.2) is 90.2 Å². The lowest BCUT2D eigenvalue weighted by atomic mass is 9.88. The fourth-order valence-corrected chi connectivity index (χ4v) is 5.02. The zero-order valence-electron chi connectivity index (χ0n) is 14.7. The molecule has 3 fully saturated rings. The largest absolute Gasteiger partial charge is 0.370 e. The number of thiazole rings is 1. The molecule has 0 unspecified atom stereocenters. The second-order valence-corrected chi connectivity index (χ2v) is 8.70. The summed E-state index contributed by atoms with van der Waals surface area (Å²) in [4.78, 5) is 24.7. The van der Waals surface area contributed by atoms with E-state index in [1.165, 1.54) is 11.3 Å². The van der Waals surface area contributed by atoms with Gasteiger partial charge in [0.2, 0.25) is 0 Å². The lowest BCUT2D eigenvalue weighted by Gasteiger charge is -2.47. The molecule has 3 aliphatic heterocycles. The van der Waals surface area contributed by atoms with E-state index < -0.39 is 0 Å². The third-order valence-electron chi connectivity index (χ3n) is 5.59. The first-order valence-electron chi connectivity index (χ1n) is 8.76. The third kappa shape index (κ3) is 2.87. The monoisotopic (exact) mass is 350 g/mol. The van der Waals surface area contributed by atoms with Crippen LogP contribution in [0.1, 0.15) is 26.8 Å². The molecule has 4 rings (SSSR count). The van der Waals surface area contributed by atoms with Crippen molar-refractivity contribution in [2.24, 2.45) is 0 Å². The lowest BCUT2D eigenvalue weighted by molar-refractivity contribution is -0.0950. The van der Waals surface area contributed by atoms with Crippen LogP contribution in [0.25, 0.3) is 0 Å². The Hall–Kier alpha value is -1.02. The highest BCUT2D eigenvalue weighted by Gasteiger charge is 2.52. The summed E-state index contributed by atoms with van der Waals surface area (Å²) in [5.74, 6) is 0.121. The predicted molar refractivity (Wildman–Crippen MR) is 93.6 cm³/mol. The quantitative estimate of drug-likeness (QED) is 0.796. The molecule has 3 aliphatic rings. The van der Waals surface area contributed by atoms with Crippen LogP contribution in [0.15, 0.2) is 0 Å². The zero-order valence-corrected chi connectivity index (χ0v) is 15.6. The Bertz CT molecular complexity index is 633. The molecule has 1 amide bonds. The number of aromatic nitrogens is 1. The second kappa shape index (κ2) is 6.05. The molecule has 0 aromatic carbocycles. The van der Waals surface area contributed by atoms with Crippen LogP contribution in [0.5, 0.6) is 0 Å². The van der Waals surface area contributed by atoms with Crippen molar-refractivity contribution in [3.8, 4) is 0 Å². The number of nitrogens with zero attached hydrogens (tertiary/aromatic N) is 4. The molecule has 0 N–H and O–H groups in total. The first-order valence-corrected chi connectivity index (χ1v) is 9.57. The minimum atomic E-state index is -0.0999. The average Bonchev–Trinajstić information content (AvgIpc) is 3.10. The minimum Gasteiger partial charge on any atom is -0.370 e. The van der Waals surface area contributed by atoms with Crippen molar-refractivity contribution >= 4 is 17.2 Å². The summed E-state index contributed by atoms with van der Waals surface area (Å²) in [5.41, 5.74) is 0.753. The summed E-state index contributed by atoms with van der Waals surface area (Å²) >= 11 is 1.50. The number of carbonyl (C=O) groups excluding carboxylic acids is 1. The summed E-state index contributed by atoms with van der Waals surface area (Å²) in [5, 5.41) is 0.957. The molecule has 3 saturated heterocycles. The lowest BCUT2D eigenvalue weighted by Crippen LogP contribution is -2.63. The van der Waals surface area contributed by atoms with Crippen LogP contribution in [0.3, 0.4) is 0 Å². The number of ether oxygens (including phenoxy) is 1. The Morgan fingerprint density at radius 1 is 1.25 bits per heavy atom. The normalized spacial score (nSPS) is 27.6. The number of rotatable bonds is 2. The van der Waals surface area contributed by atoms with Crippen molar-refractivity contribution in [2.45, 2.75) is 31.9 Å². The van der Waals surface area contributed by atoms with Gasteiger partial charge in [0, 0.05) is 32.2 Å². The number of likely N-dealkylation sites (tertiary alicyclic amines) is 1. The maximum absolute atomic E-state index is 12.6. The number of piperazine rings is 1. The smallest absolute Gasteiger partial charge is 0.266 e. The molecule has 0 saturated carbocycles. The molecular weight excluding hydrogens is 324 g/mol. The average molecular weight is 350 g/mol. The van der Waals surface area contributed by atoms with Crippen molar-refractivity contribution in [1.82, 2.24) is 19.7 Å². The first kappa shape index (κ1) is 16.4. The molecule has 1 aromatic rings. The maximum atomic E-state index is 12.6. The highest BCUT2D eigenvalue weighted by atomic mass is 32.1. The van der Waals surface area contributed by atoms with E-state index in [-0.39, 0.29) is 11.5 Å². The van der Waals surface area contributed by atoms with E-state index in [1.54, 1.807) is 0 Å². The SMILES string of the molecule is Cc1nc(C)c(C(=O)N2CC3(C[C@H](N4CCN(C)CC4)CO3)C2)s1. The second-order valence-electron chi connectivity index (χ2n) is 7.50. The summed E-state index contributed by atoms with van der Waals surface area (Å²) in [6, 6.07) is 0.517. The Morgan fingerprint density at radius 2 is 1.96 bits per heavy atom. The van der Waals surface area contributed by atoms with Gasteiger partial charge in [0.05, 0.1) is 30.4 Å². The van der Waals surface area contributed by atoms with Gasteiger partial charge < -0.3 is 14.5 Å². The van der Waals surface area contributed by atoms with Gasteiger partial charge in [-0.05, 0) is 27.3 Å². The van der Waals surface area contributed by atoms with Gasteiger partial charge in [-0.2, -0.15) is 0 Å². The van der Waals surface area contributed by atoms with Gasteiger partial charge in [-0.15, -0.1) is 11.3 Å². The Balaban J connectivity index is 1.34. The van der Waals surface area contributed by atoms with Crippen LogP contribution >= 0.6 is 11.3 Å². The van der Waals surface area contributed by atoms with Crippen molar-refractivity contribution in [2.75, 3.05) is 52.9 Å². The van der Waals surface area contributed by atoms with Crippen molar-refractivity contribution < 1.29 is 9.53 Å². The van der Waals surface area contributed by atoms with E-state index >= 15 is 0 Å². The predicted octanol–water partition coefficient (Wildman–Crippen LogP) is 0.991. The van der Waals surface area contributed by atoms with Crippen molar-refractivity contribution in [3.05, 3.63) is 15.6 Å².